The van der Waals surface area contributed by atoms with Gasteiger partial charge in [-0.15, -0.1) is 0 Å². The Morgan fingerprint density at radius 3 is 2.05 bits per heavy atom. The van der Waals surface area contributed by atoms with E-state index in [1.54, 1.807) is 67.0 Å². The summed E-state index contributed by atoms with van der Waals surface area (Å²) in [6, 6.07) is 18.9. The third-order valence-corrected chi connectivity index (χ3v) is 5.75. The van der Waals surface area contributed by atoms with Crippen LogP contribution in [0.25, 0.3) is 11.1 Å². The van der Waals surface area contributed by atoms with Gasteiger partial charge in [0.05, 0.1) is 11.1 Å². The van der Waals surface area contributed by atoms with E-state index in [1.807, 2.05) is 0 Å². The van der Waals surface area contributed by atoms with Gasteiger partial charge in [-0.05, 0) is 65.9 Å². The molecule has 3 aromatic carbocycles. The molecular weight excluding hydrogens is 485 g/mol. The third kappa shape index (κ3) is 6.65. The molecule has 1 heterocycles. The van der Waals surface area contributed by atoms with Crippen molar-refractivity contribution in [3.8, 4) is 28.7 Å². The Kier molecular flexibility index (Phi) is 8.52. The number of carbonyl (C=O) groups excluding carboxylic acids is 2. The van der Waals surface area contributed by atoms with Crippen molar-refractivity contribution >= 4 is 11.9 Å². The molecule has 0 N–H and O–H groups in total. The van der Waals surface area contributed by atoms with Crippen molar-refractivity contribution in [1.82, 2.24) is 9.97 Å². The molecule has 8 heteroatoms. The van der Waals surface area contributed by atoms with Gasteiger partial charge < -0.3 is 9.47 Å². The van der Waals surface area contributed by atoms with E-state index < -0.39 is 17.8 Å². The second kappa shape index (κ2) is 12.4. The van der Waals surface area contributed by atoms with E-state index in [1.165, 1.54) is 12.1 Å². The smallest absolute Gasteiger partial charge is 0.381 e. The first-order chi connectivity index (χ1) is 18.5. The molecule has 0 aliphatic rings. The summed E-state index contributed by atoms with van der Waals surface area (Å²) < 4.78 is 24.3. The molecule has 1 aromatic heterocycles. The predicted octanol–water partition coefficient (Wildman–Crippen LogP) is 6.33. The quantitative estimate of drug-likeness (QED) is 0.148. The SMILES string of the molecule is CCCCCc1cnc(C(=O)Oc2ccc(-c3ccc(C(=O)Oc4ccc(C#N)c(F)c4)cc3)cc2)nc1. The minimum absolute atomic E-state index is 0.000428. The minimum Gasteiger partial charge on any atom is -0.423 e. The fraction of sp³-hybridized carbons (Fsp3) is 0.167. The van der Waals surface area contributed by atoms with Crippen molar-refractivity contribution < 1.29 is 23.5 Å². The van der Waals surface area contributed by atoms with Crippen molar-refractivity contribution in [3.63, 3.8) is 0 Å². The van der Waals surface area contributed by atoms with E-state index in [0.717, 1.165) is 48.4 Å². The van der Waals surface area contributed by atoms with Crippen LogP contribution in [0.3, 0.4) is 0 Å². The molecule has 0 bridgehead atoms. The molecule has 0 atom stereocenters. The van der Waals surface area contributed by atoms with Gasteiger partial charge in [-0.2, -0.15) is 5.26 Å². The number of aromatic nitrogens is 2. The van der Waals surface area contributed by atoms with E-state index in [9.17, 15) is 14.0 Å². The Labute approximate surface area is 219 Å². The number of aryl methyl sites for hydroxylation is 1. The zero-order valence-corrected chi connectivity index (χ0v) is 20.7. The van der Waals surface area contributed by atoms with Gasteiger partial charge in [-0.3, -0.25) is 0 Å². The Balaban J connectivity index is 1.35. The number of halogens is 1. The van der Waals surface area contributed by atoms with Crippen LogP contribution in [0.1, 0.15) is 58.3 Å². The number of hydrogen-bond acceptors (Lipinski definition) is 7. The molecule has 0 saturated heterocycles. The van der Waals surface area contributed by atoms with Gasteiger partial charge in [0.1, 0.15) is 23.4 Å². The molecule has 0 spiro atoms. The highest BCUT2D eigenvalue weighted by Gasteiger charge is 2.14. The molecular formula is C30H24FN3O4. The van der Waals surface area contributed by atoms with E-state index in [2.05, 4.69) is 16.9 Å². The van der Waals surface area contributed by atoms with Crippen molar-refractivity contribution in [2.45, 2.75) is 32.6 Å². The predicted molar refractivity (Wildman–Crippen MR) is 138 cm³/mol. The number of unbranched alkanes of at least 4 members (excludes halogenated alkanes) is 2. The van der Waals surface area contributed by atoms with Gasteiger partial charge in [-0.25, -0.2) is 23.9 Å². The molecule has 7 nitrogen and oxygen atoms in total. The molecule has 0 aliphatic carbocycles. The maximum atomic E-state index is 13.7. The number of hydrogen-bond donors (Lipinski definition) is 0. The third-order valence-electron chi connectivity index (χ3n) is 5.75. The van der Waals surface area contributed by atoms with Crippen LogP contribution < -0.4 is 9.47 Å². The molecule has 0 saturated carbocycles. The van der Waals surface area contributed by atoms with Gasteiger partial charge >= 0.3 is 11.9 Å². The summed E-state index contributed by atoms with van der Waals surface area (Å²) in [6.07, 6.45) is 7.52. The normalized spacial score (nSPS) is 10.4. The Hall–Kier alpha value is -4.90. The molecule has 0 amide bonds. The maximum absolute atomic E-state index is 13.7. The first-order valence-corrected chi connectivity index (χ1v) is 12.1. The number of ether oxygens (including phenoxy) is 2. The molecule has 190 valence electrons. The number of benzene rings is 3. The summed E-state index contributed by atoms with van der Waals surface area (Å²) in [5, 5.41) is 8.80. The van der Waals surface area contributed by atoms with E-state index >= 15 is 0 Å². The second-order valence-electron chi connectivity index (χ2n) is 8.51. The van der Waals surface area contributed by atoms with Gasteiger partial charge in [0.15, 0.2) is 0 Å². The zero-order valence-electron chi connectivity index (χ0n) is 20.7. The molecule has 0 fully saturated rings. The van der Waals surface area contributed by atoms with E-state index in [-0.39, 0.29) is 22.7 Å². The van der Waals surface area contributed by atoms with E-state index in [0.29, 0.717) is 5.75 Å². The van der Waals surface area contributed by atoms with Crippen LogP contribution in [0.4, 0.5) is 4.39 Å². The number of nitrogens with zero attached hydrogens (tertiary/aromatic N) is 3. The fourth-order valence-electron chi connectivity index (χ4n) is 3.65. The second-order valence-corrected chi connectivity index (χ2v) is 8.51. The molecule has 4 rings (SSSR count). The van der Waals surface area contributed by atoms with Crippen LogP contribution >= 0.6 is 0 Å². The average Bonchev–Trinajstić information content (AvgIpc) is 2.94. The lowest BCUT2D eigenvalue weighted by Gasteiger charge is -2.08. The summed E-state index contributed by atoms with van der Waals surface area (Å²) in [5.74, 6) is -1.69. The maximum Gasteiger partial charge on any atom is 0.381 e. The first kappa shape index (κ1) is 26.2. The molecule has 0 unspecified atom stereocenters. The van der Waals surface area contributed by atoms with Crippen LogP contribution in [-0.2, 0) is 6.42 Å². The van der Waals surface area contributed by atoms with E-state index in [4.69, 9.17) is 14.7 Å². The summed E-state index contributed by atoms with van der Waals surface area (Å²) in [4.78, 5) is 33.0. The summed E-state index contributed by atoms with van der Waals surface area (Å²) in [7, 11) is 0. The Morgan fingerprint density at radius 2 is 1.45 bits per heavy atom. The average molecular weight is 510 g/mol. The zero-order chi connectivity index (χ0) is 26.9. The number of nitriles is 1. The Bertz CT molecular complexity index is 1460. The van der Waals surface area contributed by atoms with Crippen molar-refractivity contribution in [1.29, 1.82) is 5.26 Å². The highest BCUT2D eigenvalue weighted by Crippen LogP contribution is 2.24. The highest BCUT2D eigenvalue weighted by atomic mass is 19.1. The number of esters is 2. The van der Waals surface area contributed by atoms with Crippen molar-refractivity contribution in [2.75, 3.05) is 0 Å². The van der Waals surface area contributed by atoms with Crippen LogP contribution in [0.15, 0.2) is 79.1 Å². The lowest BCUT2D eigenvalue weighted by molar-refractivity contribution is 0.0716. The van der Waals surface area contributed by atoms with Crippen molar-refractivity contribution in [2.24, 2.45) is 0 Å². The van der Waals surface area contributed by atoms with Crippen LogP contribution in [0.2, 0.25) is 0 Å². The lowest BCUT2D eigenvalue weighted by Crippen LogP contribution is -2.13. The summed E-state index contributed by atoms with van der Waals surface area (Å²) in [6.45, 7) is 2.14. The standard InChI is InChI=1S/C30H24FN3O4/c1-2-3-4-5-20-18-33-28(34-19-20)30(36)37-25-13-10-22(11-14-25)21-6-8-23(9-7-21)29(35)38-26-15-12-24(17-32)27(31)16-26/h6-16,18-19H,2-5H2,1H3. The van der Waals surface area contributed by atoms with Crippen molar-refractivity contribution in [3.05, 3.63) is 107 Å². The van der Waals surface area contributed by atoms with Gasteiger partial charge in [0.25, 0.3) is 0 Å². The first-order valence-electron chi connectivity index (χ1n) is 12.1. The minimum atomic E-state index is -0.759. The largest absolute Gasteiger partial charge is 0.423 e. The monoisotopic (exact) mass is 509 g/mol. The van der Waals surface area contributed by atoms with Crippen LogP contribution in [-0.4, -0.2) is 21.9 Å². The van der Waals surface area contributed by atoms with Crippen LogP contribution in [0, 0.1) is 17.1 Å². The highest BCUT2D eigenvalue weighted by molar-refractivity contribution is 5.91. The number of carbonyl (C=O) groups is 2. The lowest BCUT2D eigenvalue weighted by atomic mass is 10.0. The Morgan fingerprint density at radius 1 is 0.842 bits per heavy atom. The molecule has 0 radical (unpaired) electrons. The molecule has 38 heavy (non-hydrogen) atoms. The fourth-order valence-corrected chi connectivity index (χ4v) is 3.65. The topological polar surface area (TPSA) is 102 Å². The van der Waals surface area contributed by atoms with Gasteiger partial charge in [-0.1, -0.05) is 44.0 Å². The molecule has 0 aliphatic heterocycles. The van der Waals surface area contributed by atoms with Crippen LogP contribution in [0.5, 0.6) is 11.5 Å². The van der Waals surface area contributed by atoms with Gasteiger partial charge in [0, 0.05) is 18.5 Å². The van der Waals surface area contributed by atoms with Gasteiger partial charge in [0.2, 0.25) is 5.82 Å². The number of rotatable bonds is 9. The molecule has 4 aromatic rings. The summed E-state index contributed by atoms with van der Waals surface area (Å²) in [5.41, 5.74) is 2.80. The summed E-state index contributed by atoms with van der Waals surface area (Å²) >= 11 is 0.